The molecule has 1 atom stereocenters. The molecule has 49 heavy (non-hydrogen) atoms. The van der Waals surface area contributed by atoms with E-state index in [-0.39, 0.29) is 67.6 Å². The van der Waals surface area contributed by atoms with Crippen molar-refractivity contribution in [3.8, 4) is 22.9 Å². The highest BCUT2D eigenvalue weighted by atomic mass is 16.5. The lowest BCUT2D eigenvalue weighted by Gasteiger charge is -2.35. The summed E-state index contributed by atoms with van der Waals surface area (Å²) in [5.74, 6) is 0.637. The number of ether oxygens (including phenoxy) is 2. The van der Waals surface area contributed by atoms with Crippen molar-refractivity contribution in [2.45, 2.75) is 53.1 Å². The molecule has 4 amide bonds. The number of nitrogens with zero attached hydrogens (tertiary/aromatic N) is 5. The average molecular weight is 674 g/mol. The second-order valence-corrected chi connectivity index (χ2v) is 13.2. The fourth-order valence-corrected chi connectivity index (χ4v) is 6.20. The van der Waals surface area contributed by atoms with Gasteiger partial charge in [-0.05, 0) is 37.0 Å². The first kappa shape index (κ1) is 35.4. The van der Waals surface area contributed by atoms with Gasteiger partial charge in [0.2, 0.25) is 17.7 Å². The predicted molar refractivity (Wildman–Crippen MR) is 183 cm³/mol. The summed E-state index contributed by atoms with van der Waals surface area (Å²) in [4.78, 5) is 61.7. The van der Waals surface area contributed by atoms with E-state index in [1.807, 2.05) is 58.0 Å². The minimum Gasteiger partial charge on any atom is -0.493 e. The van der Waals surface area contributed by atoms with Gasteiger partial charge < -0.3 is 29.9 Å². The number of carbonyl (C=O) groups is 4. The van der Waals surface area contributed by atoms with Crippen molar-refractivity contribution in [1.82, 2.24) is 35.2 Å². The lowest BCUT2D eigenvalue weighted by atomic mass is 9.94. The van der Waals surface area contributed by atoms with Gasteiger partial charge in [-0.25, -0.2) is 9.67 Å². The van der Waals surface area contributed by atoms with Gasteiger partial charge in [-0.3, -0.25) is 19.2 Å². The minimum atomic E-state index is -0.520. The maximum absolute atomic E-state index is 13.9. The molecule has 5 rings (SSSR count). The van der Waals surface area contributed by atoms with Crippen LogP contribution < -0.4 is 20.1 Å². The highest BCUT2D eigenvalue weighted by molar-refractivity contribution is 5.95. The smallest absolute Gasteiger partial charge is 0.251 e. The number of carbonyl (C=O) groups excluding carboxylic acids is 4. The zero-order chi connectivity index (χ0) is 35.1. The average Bonchev–Trinajstić information content (AvgIpc) is 3.53. The third-order valence-electron chi connectivity index (χ3n) is 8.94. The van der Waals surface area contributed by atoms with E-state index in [4.69, 9.17) is 19.6 Å². The standard InChI is InChI=1S/C36H47N7O6/c1-23(2)31-33-39-32(25-9-7-6-8-10-25)40-43(33)19-20-49-29-21-27(11-12-28(29)48-5)34(45)37-15-18-42(22-30(44)38-31)36(47)26-13-16-41(17-14-26)35(46)24(3)4/h6-12,21,23-24,26,31H,13-20,22H2,1-5H3,(H,37,45)(H,38,44)/t31-/m1/s1. The largest absolute Gasteiger partial charge is 0.493 e. The van der Waals surface area contributed by atoms with Crippen molar-refractivity contribution >= 4 is 23.6 Å². The van der Waals surface area contributed by atoms with Gasteiger partial charge in [0.25, 0.3) is 5.91 Å². The minimum absolute atomic E-state index is 0.0680. The Kier molecular flexibility index (Phi) is 11.5. The second-order valence-electron chi connectivity index (χ2n) is 13.2. The van der Waals surface area contributed by atoms with Crippen LogP contribution in [0, 0.1) is 17.8 Å². The number of piperidine rings is 1. The summed E-state index contributed by atoms with van der Waals surface area (Å²) in [5.41, 5.74) is 1.20. The van der Waals surface area contributed by atoms with Crippen LogP contribution in [0.15, 0.2) is 48.5 Å². The van der Waals surface area contributed by atoms with Crippen LogP contribution in [-0.4, -0.2) is 94.6 Å². The van der Waals surface area contributed by atoms with Crippen LogP contribution in [0.5, 0.6) is 11.5 Å². The van der Waals surface area contributed by atoms with Crippen molar-refractivity contribution in [3.63, 3.8) is 0 Å². The Balaban J connectivity index is 1.45. The number of hydrogen-bond donors (Lipinski definition) is 2. The van der Waals surface area contributed by atoms with Crippen LogP contribution in [0.3, 0.4) is 0 Å². The van der Waals surface area contributed by atoms with Crippen LogP contribution in [0.1, 0.15) is 62.8 Å². The summed E-state index contributed by atoms with van der Waals surface area (Å²) in [6, 6.07) is 14.0. The zero-order valence-electron chi connectivity index (χ0n) is 29.0. The van der Waals surface area contributed by atoms with Crippen LogP contribution in [0.25, 0.3) is 11.4 Å². The van der Waals surface area contributed by atoms with E-state index in [9.17, 15) is 19.2 Å². The number of rotatable bonds is 5. The molecule has 0 radical (unpaired) electrons. The van der Waals surface area contributed by atoms with E-state index in [1.165, 1.54) is 12.0 Å². The monoisotopic (exact) mass is 673 g/mol. The van der Waals surface area contributed by atoms with E-state index >= 15 is 0 Å². The Morgan fingerprint density at radius 1 is 0.939 bits per heavy atom. The molecule has 0 saturated carbocycles. The van der Waals surface area contributed by atoms with E-state index in [1.54, 1.807) is 27.8 Å². The molecule has 1 fully saturated rings. The third-order valence-corrected chi connectivity index (χ3v) is 8.94. The van der Waals surface area contributed by atoms with Gasteiger partial charge in [-0.15, -0.1) is 0 Å². The van der Waals surface area contributed by atoms with Crippen molar-refractivity contribution in [1.29, 1.82) is 0 Å². The Morgan fingerprint density at radius 3 is 2.35 bits per heavy atom. The highest BCUT2D eigenvalue weighted by Crippen LogP contribution is 2.29. The van der Waals surface area contributed by atoms with Crippen LogP contribution in [-0.2, 0) is 20.9 Å². The Morgan fingerprint density at radius 2 is 1.67 bits per heavy atom. The number of aromatic nitrogens is 3. The molecule has 2 N–H and O–H groups in total. The van der Waals surface area contributed by atoms with Gasteiger partial charge in [0.05, 0.1) is 26.2 Å². The first-order valence-corrected chi connectivity index (χ1v) is 17.0. The maximum atomic E-state index is 13.9. The molecule has 13 nitrogen and oxygen atoms in total. The third kappa shape index (κ3) is 8.57. The molecule has 2 aliphatic heterocycles. The molecular weight excluding hydrogens is 626 g/mol. The van der Waals surface area contributed by atoms with Gasteiger partial charge >= 0.3 is 0 Å². The highest BCUT2D eigenvalue weighted by Gasteiger charge is 2.33. The summed E-state index contributed by atoms with van der Waals surface area (Å²) in [6.45, 7) is 9.25. The summed E-state index contributed by atoms with van der Waals surface area (Å²) >= 11 is 0. The number of hydrogen-bond acceptors (Lipinski definition) is 8. The fraction of sp³-hybridized carbons (Fsp3) is 0.500. The van der Waals surface area contributed by atoms with Gasteiger partial charge in [0.1, 0.15) is 6.61 Å². The molecule has 2 aromatic carbocycles. The normalized spacial score (nSPS) is 18.3. The number of methoxy groups -OCH3 is 1. The zero-order valence-corrected chi connectivity index (χ0v) is 29.0. The van der Waals surface area contributed by atoms with Crippen molar-refractivity contribution in [3.05, 3.63) is 59.9 Å². The molecule has 1 aromatic heterocycles. The summed E-state index contributed by atoms with van der Waals surface area (Å²) < 4.78 is 13.4. The van der Waals surface area contributed by atoms with Crippen LogP contribution in [0.2, 0.25) is 0 Å². The molecule has 0 spiro atoms. The van der Waals surface area contributed by atoms with Gasteiger partial charge in [-0.1, -0.05) is 58.0 Å². The number of likely N-dealkylation sites (tertiary alicyclic amines) is 1. The molecule has 3 aromatic rings. The van der Waals surface area contributed by atoms with E-state index in [0.29, 0.717) is 61.2 Å². The van der Waals surface area contributed by atoms with E-state index in [2.05, 4.69) is 10.6 Å². The molecule has 13 heteroatoms. The molecule has 3 heterocycles. The SMILES string of the molecule is COc1ccc2cc1OCCn1nc(-c3ccccc3)nc1[C@@H](C(C)C)NC(=O)CN(C(=O)C1CCN(C(=O)C(C)C)CC1)CCNC2=O. The summed E-state index contributed by atoms with van der Waals surface area (Å²) in [6.07, 6.45) is 1.02. The molecule has 0 aliphatic carbocycles. The van der Waals surface area contributed by atoms with Crippen molar-refractivity contribution in [2.24, 2.45) is 17.8 Å². The van der Waals surface area contributed by atoms with Crippen molar-refractivity contribution in [2.75, 3.05) is 46.4 Å². The number of benzene rings is 2. The quantitative estimate of drug-likeness (QED) is 0.420. The second kappa shape index (κ2) is 16.0. The van der Waals surface area contributed by atoms with Gasteiger partial charge in [0, 0.05) is 49.1 Å². The maximum Gasteiger partial charge on any atom is 0.251 e. The van der Waals surface area contributed by atoms with Gasteiger partial charge in [0.15, 0.2) is 23.1 Å². The molecule has 1 saturated heterocycles. The first-order valence-electron chi connectivity index (χ1n) is 17.0. The first-order chi connectivity index (χ1) is 23.5. The molecule has 2 bridgehead atoms. The van der Waals surface area contributed by atoms with Crippen LogP contribution >= 0.6 is 0 Å². The lowest BCUT2D eigenvalue weighted by molar-refractivity contribution is -0.143. The number of fused-ring (bicyclic) bond motifs is 3. The lowest BCUT2D eigenvalue weighted by Crippen LogP contribution is -2.50. The number of nitrogens with one attached hydrogen (secondary N) is 2. The molecule has 0 unspecified atom stereocenters. The molecular formula is C36H47N7O6. The summed E-state index contributed by atoms with van der Waals surface area (Å²) in [5, 5.41) is 10.8. The topological polar surface area (TPSA) is 148 Å². The Bertz CT molecular complexity index is 1630. The predicted octanol–water partition coefficient (Wildman–Crippen LogP) is 3.31. The van der Waals surface area contributed by atoms with Crippen LogP contribution in [0.4, 0.5) is 0 Å². The summed E-state index contributed by atoms with van der Waals surface area (Å²) in [7, 11) is 1.53. The Hall–Kier alpha value is -4.94. The molecule has 262 valence electrons. The Labute approximate surface area is 287 Å². The molecule has 2 aliphatic rings. The van der Waals surface area contributed by atoms with E-state index < -0.39 is 6.04 Å². The van der Waals surface area contributed by atoms with Crippen molar-refractivity contribution < 1.29 is 28.7 Å². The van der Waals surface area contributed by atoms with E-state index in [0.717, 1.165) is 5.56 Å². The number of amides is 4. The fourth-order valence-electron chi connectivity index (χ4n) is 6.20. The van der Waals surface area contributed by atoms with Gasteiger partial charge in [-0.2, -0.15) is 5.10 Å².